The molecule has 0 saturated carbocycles. The fraction of sp³-hybridized carbons (Fsp3) is 0.409. The van der Waals surface area contributed by atoms with E-state index >= 15 is 0 Å². The normalized spacial score (nSPS) is 16.0. The van der Waals surface area contributed by atoms with E-state index < -0.39 is 0 Å². The van der Waals surface area contributed by atoms with Gasteiger partial charge in [-0.3, -0.25) is 9.69 Å². The molecule has 0 bridgehead atoms. The number of benzene rings is 2. The number of nitrogens with zero attached hydrogens (tertiary/aromatic N) is 1. The van der Waals surface area contributed by atoms with Crippen molar-refractivity contribution in [3.05, 3.63) is 71.5 Å². The van der Waals surface area contributed by atoms with Crippen molar-refractivity contribution < 1.29 is 13.9 Å². The van der Waals surface area contributed by atoms with Crippen LogP contribution in [0.2, 0.25) is 0 Å². The van der Waals surface area contributed by atoms with Gasteiger partial charge in [-0.1, -0.05) is 42.5 Å². The third kappa shape index (κ3) is 6.15. The number of nitrogens with one attached hydrogen (secondary N) is 1. The van der Waals surface area contributed by atoms with Crippen molar-refractivity contribution in [2.45, 2.75) is 25.3 Å². The number of morpholine rings is 1. The molecule has 27 heavy (non-hydrogen) atoms. The van der Waals surface area contributed by atoms with Gasteiger partial charge in [-0.2, -0.15) is 0 Å². The maximum atomic E-state index is 13.3. The maximum absolute atomic E-state index is 13.3. The Hall–Kier alpha value is -2.24. The van der Waals surface area contributed by atoms with E-state index in [-0.39, 0.29) is 17.8 Å². The fourth-order valence-electron chi connectivity index (χ4n) is 3.43. The van der Waals surface area contributed by atoms with Crippen molar-refractivity contribution in [2.24, 2.45) is 0 Å². The van der Waals surface area contributed by atoms with Gasteiger partial charge in [-0.15, -0.1) is 0 Å². The van der Waals surface area contributed by atoms with Crippen LogP contribution >= 0.6 is 0 Å². The predicted octanol–water partition coefficient (Wildman–Crippen LogP) is 3.34. The first-order valence-corrected chi connectivity index (χ1v) is 9.60. The van der Waals surface area contributed by atoms with Crippen LogP contribution in [-0.2, 0) is 16.0 Å². The van der Waals surface area contributed by atoms with Crippen molar-refractivity contribution in [3.8, 4) is 0 Å². The van der Waals surface area contributed by atoms with Crippen LogP contribution in [0.1, 0.15) is 30.0 Å². The van der Waals surface area contributed by atoms with Gasteiger partial charge in [0, 0.05) is 26.1 Å². The number of rotatable bonds is 8. The minimum Gasteiger partial charge on any atom is -0.379 e. The molecule has 1 saturated heterocycles. The lowest BCUT2D eigenvalue weighted by molar-refractivity contribution is -0.121. The Morgan fingerprint density at radius 2 is 1.78 bits per heavy atom. The van der Waals surface area contributed by atoms with E-state index in [0.29, 0.717) is 26.2 Å². The summed E-state index contributed by atoms with van der Waals surface area (Å²) in [6.07, 6.45) is 2.24. The summed E-state index contributed by atoms with van der Waals surface area (Å²) in [5.41, 5.74) is 2.27. The van der Waals surface area contributed by atoms with Crippen LogP contribution in [0.4, 0.5) is 4.39 Å². The highest BCUT2D eigenvalue weighted by atomic mass is 19.1. The quantitative estimate of drug-likeness (QED) is 0.775. The number of halogens is 1. The standard InChI is InChI=1S/C22H27FN2O2/c23-20-11-9-19(10-12-20)21(25-13-15-27-16-14-25)17-24-22(26)8-4-7-18-5-2-1-3-6-18/h1-3,5-6,9-12,21H,4,7-8,13-17H2,(H,24,26). The van der Waals surface area contributed by atoms with E-state index in [1.807, 2.05) is 18.2 Å². The molecule has 0 aliphatic carbocycles. The van der Waals surface area contributed by atoms with Crippen molar-refractivity contribution in [2.75, 3.05) is 32.8 Å². The summed E-state index contributed by atoms with van der Waals surface area (Å²) in [7, 11) is 0. The van der Waals surface area contributed by atoms with Gasteiger partial charge in [0.2, 0.25) is 5.91 Å². The minimum atomic E-state index is -0.246. The number of carbonyl (C=O) groups excluding carboxylic acids is 1. The molecule has 5 heteroatoms. The number of hydrogen-bond donors (Lipinski definition) is 1. The molecule has 3 rings (SSSR count). The average Bonchev–Trinajstić information content (AvgIpc) is 2.71. The summed E-state index contributed by atoms with van der Waals surface area (Å²) in [5.74, 6) is -0.185. The molecule has 2 aromatic carbocycles. The van der Waals surface area contributed by atoms with Crippen LogP contribution in [0.15, 0.2) is 54.6 Å². The summed E-state index contributed by atoms with van der Waals surface area (Å²) in [4.78, 5) is 14.6. The summed E-state index contributed by atoms with van der Waals surface area (Å²) >= 11 is 0. The lowest BCUT2D eigenvalue weighted by Crippen LogP contribution is -2.43. The van der Waals surface area contributed by atoms with E-state index in [1.165, 1.54) is 17.7 Å². The highest BCUT2D eigenvalue weighted by Crippen LogP contribution is 2.21. The molecule has 0 aromatic heterocycles. The van der Waals surface area contributed by atoms with Gasteiger partial charge in [0.05, 0.1) is 19.3 Å². The Balaban J connectivity index is 1.52. The number of aryl methyl sites for hydroxylation is 1. The first kappa shape index (κ1) is 19.5. The second-order valence-electron chi connectivity index (χ2n) is 6.86. The lowest BCUT2D eigenvalue weighted by atomic mass is 10.0. The molecular formula is C22H27FN2O2. The van der Waals surface area contributed by atoms with Crippen LogP contribution in [0.25, 0.3) is 0 Å². The monoisotopic (exact) mass is 370 g/mol. The van der Waals surface area contributed by atoms with Crippen LogP contribution < -0.4 is 5.32 Å². The van der Waals surface area contributed by atoms with Crippen LogP contribution in [0.3, 0.4) is 0 Å². The first-order valence-electron chi connectivity index (χ1n) is 9.60. The zero-order valence-corrected chi connectivity index (χ0v) is 15.6. The second kappa shape index (κ2) is 10.2. The van der Waals surface area contributed by atoms with Gasteiger partial charge in [-0.25, -0.2) is 4.39 Å². The highest BCUT2D eigenvalue weighted by molar-refractivity contribution is 5.75. The zero-order valence-electron chi connectivity index (χ0n) is 15.6. The largest absolute Gasteiger partial charge is 0.379 e. The Kier molecular flexibility index (Phi) is 7.36. The van der Waals surface area contributed by atoms with E-state index in [4.69, 9.17) is 4.74 Å². The maximum Gasteiger partial charge on any atom is 0.220 e. The third-order valence-corrected chi connectivity index (χ3v) is 4.95. The molecule has 0 spiro atoms. The topological polar surface area (TPSA) is 41.6 Å². The molecule has 144 valence electrons. The summed E-state index contributed by atoms with van der Waals surface area (Å²) in [6.45, 7) is 3.51. The van der Waals surface area contributed by atoms with Gasteiger partial charge >= 0.3 is 0 Å². The van der Waals surface area contributed by atoms with Crippen molar-refractivity contribution in [3.63, 3.8) is 0 Å². The number of carbonyl (C=O) groups is 1. The van der Waals surface area contributed by atoms with E-state index in [9.17, 15) is 9.18 Å². The van der Waals surface area contributed by atoms with Gasteiger partial charge in [0.1, 0.15) is 5.82 Å². The predicted molar refractivity (Wildman–Crippen MR) is 104 cm³/mol. The Bertz CT molecular complexity index is 700. The molecule has 2 aromatic rings. The number of hydrogen-bond acceptors (Lipinski definition) is 3. The molecule has 1 aliphatic rings. The van der Waals surface area contributed by atoms with Gasteiger partial charge in [0.15, 0.2) is 0 Å². The highest BCUT2D eigenvalue weighted by Gasteiger charge is 2.23. The average molecular weight is 370 g/mol. The molecule has 1 atom stereocenters. The molecule has 1 unspecified atom stereocenters. The first-order chi connectivity index (χ1) is 13.2. The van der Waals surface area contributed by atoms with Crippen molar-refractivity contribution in [1.82, 2.24) is 10.2 Å². The summed E-state index contributed by atoms with van der Waals surface area (Å²) in [6, 6.07) is 16.8. The third-order valence-electron chi connectivity index (χ3n) is 4.95. The van der Waals surface area contributed by atoms with E-state index in [2.05, 4.69) is 22.3 Å². The van der Waals surface area contributed by atoms with E-state index in [1.54, 1.807) is 12.1 Å². The van der Waals surface area contributed by atoms with Gasteiger partial charge < -0.3 is 10.1 Å². The number of ether oxygens (including phenoxy) is 1. The summed E-state index contributed by atoms with van der Waals surface area (Å²) < 4.78 is 18.7. The number of amides is 1. The molecule has 1 fully saturated rings. The van der Waals surface area contributed by atoms with Crippen LogP contribution in [-0.4, -0.2) is 43.7 Å². The minimum absolute atomic E-state index is 0.0348. The summed E-state index contributed by atoms with van der Waals surface area (Å²) in [5, 5.41) is 3.06. The second-order valence-corrected chi connectivity index (χ2v) is 6.86. The molecule has 1 amide bonds. The van der Waals surface area contributed by atoms with Crippen LogP contribution in [0, 0.1) is 5.82 Å². The van der Waals surface area contributed by atoms with Gasteiger partial charge in [0.25, 0.3) is 0 Å². The molecule has 1 N–H and O–H groups in total. The van der Waals surface area contributed by atoms with Crippen molar-refractivity contribution in [1.29, 1.82) is 0 Å². The Morgan fingerprint density at radius 1 is 1.07 bits per heavy atom. The Labute approximate surface area is 160 Å². The molecule has 4 nitrogen and oxygen atoms in total. The fourth-order valence-corrected chi connectivity index (χ4v) is 3.43. The van der Waals surface area contributed by atoms with Gasteiger partial charge in [-0.05, 0) is 36.1 Å². The van der Waals surface area contributed by atoms with Crippen LogP contribution in [0.5, 0.6) is 0 Å². The molecule has 1 aliphatic heterocycles. The zero-order chi connectivity index (χ0) is 18.9. The lowest BCUT2D eigenvalue weighted by Gasteiger charge is -2.35. The smallest absolute Gasteiger partial charge is 0.220 e. The van der Waals surface area contributed by atoms with E-state index in [0.717, 1.165) is 31.5 Å². The Morgan fingerprint density at radius 3 is 2.48 bits per heavy atom. The molecule has 1 heterocycles. The molecular weight excluding hydrogens is 343 g/mol. The SMILES string of the molecule is O=C(CCCc1ccccc1)NCC(c1ccc(F)cc1)N1CCOCC1. The van der Waals surface area contributed by atoms with Crippen molar-refractivity contribution >= 4 is 5.91 Å². The molecule has 0 radical (unpaired) electrons.